The van der Waals surface area contributed by atoms with Crippen molar-refractivity contribution < 1.29 is 9.50 Å². The second kappa shape index (κ2) is 4.53. The van der Waals surface area contributed by atoms with E-state index in [0.29, 0.717) is 12.8 Å². The third kappa shape index (κ3) is 2.79. The van der Waals surface area contributed by atoms with Crippen LogP contribution in [0.5, 0.6) is 0 Å². The van der Waals surface area contributed by atoms with E-state index in [2.05, 4.69) is 0 Å². The van der Waals surface area contributed by atoms with Crippen LogP contribution in [0.1, 0.15) is 18.9 Å². The van der Waals surface area contributed by atoms with Crippen LogP contribution in [0.15, 0.2) is 24.3 Å². The lowest BCUT2D eigenvalue weighted by Gasteiger charge is -2.24. The fourth-order valence-corrected chi connectivity index (χ4v) is 1.37. The maximum Gasteiger partial charge on any atom is 0.123 e. The molecule has 14 heavy (non-hydrogen) atoms. The molecule has 1 aromatic carbocycles. The summed E-state index contributed by atoms with van der Waals surface area (Å²) in [6.07, 6.45) is 0.970. The Balaban J connectivity index is 2.77. The van der Waals surface area contributed by atoms with Crippen LogP contribution in [0.25, 0.3) is 0 Å². The maximum absolute atomic E-state index is 12.8. The van der Waals surface area contributed by atoms with Crippen LogP contribution in [0.4, 0.5) is 4.39 Å². The molecule has 3 heteroatoms. The molecule has 0 aliphatic rings. The Labute approximate surface area is 83.6 Å². The van der Waals surface area contributed by atoms with Gasteiger partial charge in [-0.05, 0) is 24.1 Å². The highest BCUT2D eigenvalue weighted by Gasteiger charge is 2.22. The molecule has 0 aliphatic carbocycles. The van der Waals surface area contributed by atoms with E-state index in [4.69, 9.17) is 5.73 Å². The molecule has 0 radical (unpaired) electrons. The molecule has 0 bridgehead atoms. The zero-order valence-electron chi connectivity index (χ0n) is 8.33. The number of halogens is 1. The SMILES string of the molecule is CCC(O)(CN)Cc1cccc(F)c1. The number of hydrogen-bond donors (Lipinski definition) is 2. The van der Waals surface area contributed by atoms with Crippen LogP contribution in [-0.4, -0.2) is 17.3 Å². The summed E-state index contributed by atoms with van der Waals surface area (Å²) in [5.41, 5.74) is 5.33. The Kier molecular flexibility index (Phi) is 3.61. The van der Waals surface area contributed by atoms with E-state index in [0.717, 1.165) is 5.56 Å². The van der Waals surface area contributed by atoms with E-state index in [-0.39, 0.29) is 12.4 Å². The number of nitrogens with two attached hydrogens (primary N) is 1. The van der Waals surface area contributed by atoms with E-state index in [1.165, 1.54) is 12.1 Å². The number of hydrogen-bond acceptors (Lipinski definition) is 2. The van der Waals surface area contributed by atoms with Gasteiger partial charge in [-0.25, -0.2) is 4.39 Å². The Morgan fingerprint density at radius 2 is 2.21 bits per heavy atom. The molecule has 3 N–H and O–H groups in total. The summed E-state index contributed by atoms with van der Waals surface area (Å²) in [5.74, 6) is -0.280. The molecule has 0 heterocycles. The van der Waals surface area contributed by atoms with Crippen molar-refractivity contribution in [1.82, 2.24) is 0 Å². The predicted octanol–water partition coefficient (Wildman–Crippen LogP) is 1.47. The maximum atomic E-state index is 12.8. The molecule has 2 nitrogen and oxygen atoms in total. The first-order valence-electron chi connectivity index (χ1n) is 4.76. The van der Waals surface area contributed by atoms with E-state index in [1.54, 1.807) is 12.1 Å². The van der Waals surface area contributed by atoms with Crippen LogP contribution in [-0.2, 0) is 6.42 Å². The Bertz CT molecular complexity index is 297. The minimum absolute atomic E-state index is 0.194. The molecule has 0 saturated heterocycles. The molecule has 1 aromatic rings. The lowest BCUT2D eigenvalue weighted by atomic mass is 9.92. The second-order valence-corrected chi connectivity index (χ2v) is 3.59. The number of rotatable bonds is 4. The molecule has 0 spiro atoms. The smallest absolute Gasteiger partial charge is 0.123 e. The van der Waals surface area contributed by atoms with Crippen LogP contribution in [0.3, 0.4) is 0 Å². The third-order valence-corrected chi connectivity index (χ3v) is 2.46. The standard InChI is InChI=1S/C11H16FNO/c1-2-11(14,8-13)7-9-4-3-5-10(12)6-9/h3-6,14H,2,7-8,13H2,1H3. The highest BCUT2D eigenvalue weighted by Crippen LogP contribution is 2.16. The van der Waals surface area contributed by atoms with Gasteiger partial charge in [-0.15, -0.1) is 0 Å². The first kappa shape index (κ1) is 11.1. The topological polar surface area (TPSA) is 46.2 Å². The molecule has 1 unspecified atom stereocenters. The minimum atomic E-state index is -0.909. The van der Waals surface area contributed by atoms with Gasteiger partial charge in [0.15, 0.2) is 0 Å². The van der Waals surface area contributed by atoms with Crippen molar-refractivity contribution in [3.05, 3.63) is 35.6 Å². The van der Waals surface area contributed by atoms with Crippen molar-refractivity contribution in [3.8, 4) is 0 Å². The first-order valence-corrected chi connectivity index (χ1v) is 4.76. The zero-order chi connectivity index (χ0) is 10.6. The summed E-state index contributed by atoms with van der Waals surface area (Å²) < 4.78 is 12.8. The Morgan fingerprint density at radius 1 is 1.50 bits per heavy atom. The summed E-state index contributed by atoms with van der Waals surface area (Å²) in [4.78, 5) is 0. The zero-order valence-corrected chi connectivity index (χ0v) is 8.33. The predicted molar refractivity (Wildman–Crippen MR) is 54.4 cm³/mol. The number of benzene rings is 1. The molecule has 1 rings (SSSR count). The van der Waals surface area contributed by atoms with Crippen molar-refractivity contribution in [1.29, 1.82) is 0 Å². The van der Waals surface area contributed by atoms with Gasteiger partial charge in [0.2, 0.25) is 0 Å². The van der Waals surface area contributed by atoms with Gasteiger partial charge in [0, 0.05) is 13.0 Å². The van der Waals surface area contributed by atoms with Gasteiger partial charge in [0.25, 0.3) is 0 Å². The average molecular weight is 197 g/mol. The fraction of sp³-hybridized carbons (Fsp3) is 0.455. The highest BCUT2D eigenvalue weighted by molar-refractivity contribution is 5.18. The Hall–Kier alpha value is -0.930. The Morgan fingerprint density at radius 3 is 2.71 bits per heavy atom. The van der Waals surface area contributed by atoms with Crippen molar-refractivity contribution in [2.45, 2.75) is 25.4 Å². The molecule has 78 valence electrons. The molecule has 0 fully saturated rings. The van der Waals surface area contributed by atoms with Gasteiger partial charge in [-0.1, -0.05) is 19.1 Å². The van der Waals surface area contributed by atoms with Gasteiger partial charge < -0.3 is 10.8 Å². The van der Waals surface area contributed by atoms with Crippen LogP contribution in [0, 0.1) is 5.82 Å². The van der Waals surface area contributed by atoms with Crippen molar-refractivity contribution in [2.75, 3.05) is 6.54 Å². The monoisotopic (exact) mass is 197 g/mol. The highest BCUT2D eigenvalue weighted by atomic mass is 19.1. The quantitative estimate of drug-likeness (QED) is 0.767. The lowest BCUT2D eigenvalue weighted by molar-refractivity contribution is 0.0455. The molecular formula is C11H16FNO. The van der Waals surface area contributed by atoms with Gasteiger partial charge in [-0.2, -0.15) is 0 Å². The molecular weight excluding hydrogens is 181 g/mol. The second-order valence-electron chi connectivity index (χ2n) is 3.59. The average Bonchev–Trinajstić information content (AvgIpc) is 2.18. The minimum Gasteiger partial charge on any atom is -0.388 e. The van der Waals surface area contributed by atoms with Gasteiger partial charge >= 0.3 is 0 Å². The van der Waals surface area contributed by atoms with E-state index in [1.807, 2.05) is 6.92 Å². The van der Waals surface area contributed by atoms with Crippen molar-refractivity contribution in [3.63, 3.8) is 0 Å². The molecule has 0 amide bonds. The summed E-state index contributed by atoms with van der Waals surface area (Å²) in [6.45, 7) is 2.06. The summed E-state index contributed by atoms with van der Waals surface area (Å²) in [6, 6.07) is 6.24. The fourth-order valence-electron chi connectivity index (χ4n) is 1.37. The third-order valence-electron chi connectivity index (χ3n) is 2.46. The van der Waals surface area contributed by atoms with E-state index >= 15 is 0 Å². The van der Waals surface area contributed by atoms with Crippen LogP contribution < -0.4 is 5.73 Å². The van der Waals surface area contributed by atoms with E-state index < -0.39 is 5.60 Å². The summed E-state index contributed by atoms with van der Waals surface area (Å²) in [7, 11) is 0. The van der Waals surface area contributed by atoms with Crippen molar-refractivity contribution in [2.24, 2.45) is 5.73 Å². The molecule has 0 aromatic heterocycles. The molecule has 1 atom stereocenters. The lowest BCUT2D eigenvalue weighted by Crippen LogP contribution is -2.39. The summed E-state index contributed by atoms with van der Waals surface area (Å²) >= 11 is 0. The van der Waals surface area contributed by atoms with Crippen LogP contribution >= 0.6 is 0 Å². The molecule has 0 aliphatic heterocycles. The van der Waals surface area contributed by atoms with E-state index in [9.17, 15) is 9.50 Å². The number of aliphatic hydroxyl groups is 1. The van der Waals surface area contributed by atoms with Gasteiger partial charge in [0.05, 0.1) is 5.60 Å². The van der Waals surface area contributed by atoms with Crippen LogP contribution in [0.2, 0.25) is 0 Å². The van der Waals surface area contributed by atoms with Gasteiger partial charge in [-0.3, -0.25) is 0 Å². The summed E-state index contributed by atoms with van der Waals surface area (Å²) in [5, 5.41) is 9.93. The largest absolute Gasteiger partial charge is 0.388 e. The normalized spacial score (nSPS) is 15.1. The van der Waals surface area contributed by atoms with Crippen molar-refractivity contribution >= 4 is 0 Å². The first-order chi connectivity index (χ1) is 6.59. The van der Waals surface area contributed by atoms with Gasteiger partial charge in [0.1, 0.15) is 5.82 Å². The molecule has 0 saturated carbocycles.